The number of benzene rings is 1. The number of hydrazine groups is 1. The summed E-state index contributed by atoms with van der Waals surface area (Å²) in [5, 5.41) is 1.39. The van der Waals surface area contributed by atoms with Crippen molar-refractivity contribution < 1.29 is 9.53 Å². The van der Waals surface area contributed by atoms with Gasteiger partial charge in [-0.3, -0.25) is 0 Å². The van der Waals surface area contributed by atoms with E-state index in [-0.39, 0.29) is 0 Å². The lowest BCUT2D eigenvalue weighted by molar-refractivity contribution is 0.0277. The lowest BCUT2D eigenvalue weighted by atomic mass is 10.2. The summed E-state index contributed by atoms with van der Waals surface area (Å²) < 4.78 is 6.79. The molecule has 0 saturated carbocycles. The van der Waals surface area contributed by atoms with Crippen LogP contribution in [-0.4, -0.2) is 23.2 Å². The lowest BCUT2D eigenvalue weighted by Gasteiger charge is -2.33. The topological polar surface area (TPSA) is 58.8 Å². The number of amides is 1. The second-order valence-electron chi connectivity index (χ2n) is 5.55. The number of aryl methyl sites for hydroxylation is 1. The SMILES string of the molecule is CCN(C(=O)OC(C)(C)C)N(S)c1cc(C)ccc1N. The Morgan fingerprint density at radius 2 is 2.00 bits per heavy atom. The summed E-state index contributed by atoms with van der Waals surface area (Å²) in [4.78, 5) is 12.2. The van der Waals surface area contributed by atoms with E-state index in [0.717, 1.165) is 5.56 Å². The third-order valence-corrected chi connectivity index (χ3v) is 2.97. The zero-order valence-corrected chi connectivity index (χ0v) is 13.6. The number of anilines is 2. The van der Waals surface area contributed by atoms with Gasteiger partial charge >= 0.3 is 6.09 Å². The van der Waals surface area contributed by atoms with Crippen LogP contribution < -0.4 is 10.1 Å². The lowest BCUT2D eigenvalue weighted by Crippen LogP contribution is -2.44. The highest BCUT2D eigenvalue weighted by Gasteiger charge is 2.25. The molecule has 0 bridgehead atoms. The standard InChI is InChI=1S/C14H23N3O2S/c1-6-16(13(18)19-14(3,4)5)17(20)12-9-10(2)7-8-11(12)15/h7-9,20H,6,15H2,1-5H3. The summed E-state index contributed by atoms with van der Waals surface area (Å²) in [5.74, 6) is 0. The number of nitrogen functional groups attached to an aromatic ring is 1. The van der Waals surface area contributed by atoms with Gasteiger partial charge in [0.15, 0.2) is 0 Å². The van der Waals surface area contributed by atoms with Crippen LogP contribution in [0.2, 0.25) is 0 Å². The highest BCUT2D eigenvalue weighted by Crippen LogP contribution is 2.28. The van der Waals surface area contributed by atoms with Crippen LogP contribution in [0, 0.1) is 6.92 Å². The molecule has 0 aliphatic heterocycles. The molecule has 0 heterocycles. The molecule has 0 aliphatic rings. The van der Waals surface area contributed by atoms with E-state index >= 15 is 0 Å². The largest absolute Gasteiger partial charge is 0.442 e. The number of rotatable bonds is 3. The number of thiol groups is 1. The predicted molar refractivity (Wildman–Crippen MR) is 85.7 cm³/mol. The van der Waals surface area contributed by atoms with E-state index in [9.17, 15) is 4.79 Å². The molecule has 0 atom stereocenters. The summed E-state index contributed by atoms with van der Waals surface area (Å²) in [6.07, 6.45) is -0.462. The molecule has 112 valence electrons. The molecule has 0 radical (unpaired) electrons. The van der Waals surface area contributed by atoms with Gasteiger partial charge in [-0.1, -0.05) is 6.07 Å². The molecule has 2 N–H and O–H groups in total. The van der Waals surface area contributed by atoms with Crippen LogP contribution >= 0.6 is 12.8 Å². The number of carbonyl (C=O) groups is 1. The van der Waals surface area contributed by atoms with Gasteiger partial charge in [-0.2, -0.15) is 0 Å². The first-order chi connectivity index (χ1) is 9.15. The van der Waals surface area contributed by atoms with Crippen molar-refractivity contribution in [3.63, 3.8) is 0 Å². The minimum atomic E-state index is -0.558. The van der Waals surface area contributed by atoms with Crippen molar-refractivity contribution in [3.05, 3.63) is 23.8 Å². The Labute approximate surface area is 126 Å². The fourth-order valence-corrected chi connectivity index (χ4v) is 1.98. The van der Waals surface area contributed by atoms with Gasteiger partial charge in [0.2, 0.25) is 0 Å². The molecule has 1 aromatic rings. The average molecular weight is 297 g/mol. The van der Waals surface area contributed by atoms with Crippen molar-refractivity contribution in [3.8, 4) is 0 Å². The van der Waals surface area contributed by atoms with Gasteiger partial charge in [-0.05, 0) is 65.1 Å². The molecule has 1 rings (SSSR count). The first kappa shape index (κ1) is 16.5. The maximum Gasteiger partial charge on any atom is 0.430 e. The monoisotopic (exact) mass is 297 g/mol. The summed E-state index contributed by atoms with van der Waals surface area (Å²) >= 11 is 4.38. The van der Waals surface area contributed by atoms with E-state index in [1.807, 2.05) is 46.8 Å². The second-order valence-corrected chi connectivity index (χ2v) is 5.93. The minimum Gasteiger partial charge on any atom is -0.442 e. The van der Waals surface area contributed by atoms with Crippen LogP contribution in [0.4, 0.5) is 16.2 Å². The number of hydrogen-bond acceptors (Lipinski definition) is 5. The third-order valence-electron chi connectivity index (χ3n) is 2.53. The van der Waals surface area contributed by atoms with Crippen LogP contribution in [0.15, 0.2) is 18.2 Å². The number of nitrogens with two attached hydrogens (primary N) is 1. The number of ether oxygens (including phenoxy) is 1. The summed E-state index contributed by atoms with van der Waals surface area (Å²) in [6.45, 7) is 9.69. The van der Waals surface area contributed by atoms with Gasteiger partial charge in [0.1, 0.15) is 5.60 Å². The highest BCUT2D eigenvalue weighted by molar-refractivity contribution is 7.81. The van der Waals surface area contributed by atoms with E-state index in [1.165, 1.54) is 9.42 Å². The van der Waals surface area contributed by atoms with E-state index < -0.39 is 11.7 Å². The quantitative estimate of drug-likeness (QED) is 0.510. The number of nitrogens with zero attached hydrogens (tertiary/aromatic N) is 2. The molecule has 6 heteroatoms. The zero-order chi connectivity index (χ0) is 15.5. The fraction of sp³-hybridized carbons (Fsp3) is 0.500. The molecule has 0 aliphatic carbocycles. The zero-order valence-electron chi connectivity index (χ0n) is 12.7. The Bertz CT molecular complexity index is 486. The Balaban J connectivity index is 3.00. The minimum absolute atomic E-state index is 0.422. The van der Waals surface area contributed by atoms with Crippen molar-refractivity contribution in [1.82, 2.24) is 5.01 Å². The second kappa shape index (κ2) is 6.26. The average Bonchev–Trinajstić information content (AvgIpc) is 2.30. The van der Waals surface area contributed by atoms with E-state index in [0.29, 0.717) is 17.9 Å². The summed E-state index contributed by atoms with van der Waals surface area (Å²) in [5.41, 5.74) is 7.62. The number of carbonyl (C=O) groups excluding carboxylic acids is 1. The van der Waals surface area contributed by atoms with Crippen molar-refractivity contribution >= 4 is 30.3 Å². The van der Waals surface area contributed by atoms with Crippen molar-refractivity contribution in [1.29, 1.82) is 0 Å². The van der Waals surface area contributed by atoms with Crippen molar-refractivity contribution in [2.24, 2.45) is 0 Å². The molecule has 1 amide bonds. The Kier molecular flexibility index (Phi) is 5.16. The molecular formula is C14H23N3O2S. The molecule has 0 aromatic heterocycles. The molecule has 20 heavy (non-hydrogen) atoms. The van der Waals surface area contributed by atoms with Crippen molar-refractivity contribution in [2.45, 2.75) is 40.2 Å². The van der Waals surface area contributed by atoms with Gasteiger partial charge in [0.25, 0.3) is 0 Å². The van der Waals surface area contributed by atoms with Gasteiger partial charge in [-0.15, -0.1) is 0 Å². The molecule has 0 spiro atoms. The highest BCUT2D eigenvalue weighted by atomic mass is 32.1. The summed E-state index contributed by atoms with van der Waals surface area (Å²) in [6, 6.07) is 5.57. The van der Waals surface area contributed by atoms with Gasteiger partial charge in [0, 0.05) is 6.54 Å². The predicted octanol–water partition coefficient (Wildman–Crippen LogP) is 3.40. The maximum atomic E-state index is 12.2. The number of hydrogen-bond donors (Lipinski definition) is 2. The van der Waals surface area contributed by atoms with Gasteiger partial charge in [-0.25, -0.2) is 14.2 Å². The fourth-order valence-electron chi connectivity index (χ4n) is 1.61. The molecular weight excluding hydrogens is 274 g/mol. The Hall–Kier alpha value is -1.56. The van der Waals surface area contributed by atoms with Gasteiger partial charge in [0.05, 0.1) is 11.4 Å². The first-order valence-corrected chi connectivity index (χ1v) is 6.91. The molecule has 0 saturated heterocycles. The van der Waals surface area contributed by atoms with Gasteiger partial charge < -0.3 is 10.5 Å². The molecule has 0 fully saturated rings. The Morgan fingerprint density at radius 1 is 1.40 bits per heavy atom. The first-order valence-electron chi connectivity index (χ1n) is 6.51. The van der Waals surface area contributed by atoms with E-state index in [4.69, 9.17) is 10.5 Å². The van der Waals surface area contributed by atoms with Crippen LogP contribution in [0.1, 0.15) is 33.3 Å². The normalized spacial score (nSPS) is 11.1. The van der Waals surface area contributed by atoms with Crippen LogP contribution in [0.3, 0.4) is 0 Å². The van der Waals surface area contributed by atoms with Crippen LogP contribution in [0.5, 0.6) is 0 Å². The molecule has 5 nitrogen and oxygen atoms in total. The van der Waals surface area contributed by atoms with Crippen molar-refractivity contribution in [2.75, 3.05) is 16.7 Å². The van der Waals surface area contributed by atoms with E-state index in [2.05, 4.69) is 12.8 Å². The third kappa shape index (κ3) is 4.23. The molecule has 1 aromatic carbocycles. The van der Waals surface area contributed by atoms with Crippen LogP contribution in [-0.2, 0) is 4.74 Å². The Morgan fingerprint density at radius 3 is 2.50 bits per heavy atom. The molecule has 0 unspecified atom stereocenters. The maximum absolute atomic E-state index is 12.2. The van der Waals surface area contributed by atoms with E-state index in [1.54, 1.807) is 6.07 Å². The van der Waals surface area contributed by atoms with Crippen LogP contribution in [0.25, 0.3) is 0 Å². The summed E-state index contributed by atoms with van der Waals surface area (Å²) in [7, 11) is 0. The smallest absolute Gasteiger partial charge is 0.430 e.